The van der Waals surface area contributed by atoms with Gasteiger partial charge in [0.1, 0.15) is 6.04 Å². The van der Waals surface area contributed by atoms with Crippen LogP contribution in [0.3, 0.4) is 0 Å². The second-order valence-electron chi connectivity index (χ2n) is 5.22. The third-order valence-corrected chi connectivity index (χ3v) is 5.74. The minimum Gasteiger partial charge on any atom is -0.368 e. The topological polar surface area (TPSA) is 110 Å². The quantitative estimate of drug-likeness (QED) is 0.807. The Bertz CT molecular complexity index is 729. The summed E-state index contributed by atoms with van der Waals surface area (Å²) in [4.78, 5) is 22.8. The maximum Gasteiger partial charge on any atom is 0.243 e. The summed E-state index contributed by atoms with van der Waals surface area (Å²) < 4.78 is 26.4. The molecule has 1 saturated heterocycles. The Labute approximate surface area is 122 Å². The fourth-order valence-corrected chi connectivity index (χ4v) is 4.53. The molecule has 1 atom stereocenters. The standard InChI is InChI=1S/C13H15N3O4S/c14-13(18)11-2-1-5-16(11)21(19,20)9-3-4-10-8(6-9)7-12(17)15-10/h3-4,6,11H,1-2,5,7H2,(H2,14,18)(H,15,17)/t11-/m0/s1. The summed E-state index contributed by atoms with van der Waals surface area (Å²) >= 11 is 0. The molecule has 112 valence electrons. The maximum atomic E-state index is 12.6. The number of carbonyl (C=O) groups excluding carboxylic acids is 2. The van der Waals surface area contributed by atoms with Crippen LogP contribution in [0.1, 0.15) is 18.4 Å². The first-order valence-electron chi connectivity index (χ1n) is 6.63. The summed E-state index contributed by atoms with van der Waals surface area (Å²) in [6.07, 6.45) is 1.22. The zero-order valence-corrected chi connectivity index (χ0v) is 12.0. The van der Waals surface area contributed by atoms with Crippen LogP contribution in [0.15, 0.2) is 23.1 Å². The molecule has 0 radical (unpaired) electrons. The molecule has 1 aromatic carbocycles. The molecule has 2 amide bonds. The van der Waals surface area contributed by atoms with Crippen LogP contribution < -0.4 is 11.1 Å². The average Bonchev–Trinajstić information content (AvgIpc) is 3.02. The molecule has 0 aliphatic carbocycles. The molecule has 8 heteroatoms. The third kappa shape index (κ3) is 2.30. The van der Waals surface area contributed by atoms with Crippen LogP contribution in [0.5, 0.6) is 0 Å². The Morgan fingerprint density at radius 2 is 2.14 bits per heavy atom. The van der Waals surface area contributed by atoms with E-state index >= 15 is 0 Å². The Balaban J connectivity index is 1.98. The van der Waals surface area contributed by atoms with E-state index in [0.717, 1.165) is 4.31 Å². The lowest BCUT2D eigenvalue weighted by molar-refractivity contribution is -0.121. The molecule has 2 aliphatic heterocycles. The van der Waals surface area contributed by atoms with Crippen molar-refractivity contribution in [2.45, 2.75) is 30.2 Å². The lowest BCUT2D eigenvalue weighted by Gasteiger charge is -2.21. The van der Waals surface area contributed by atoms with Gasteiger partial charge in [-0.05, 0) is 36.6 Å². The lowest BCUT2D eigenvalue weighted by Crippen LogP contribution is -2.43. The second kappa shape index (κ2) is 4.81. The Morgan fingerprint density at radius 3 is 2.86 bits per heavy atom. The van der Waals surface area contributed by atoms with Gasteiger partial charge in [-0.25, -0.2) is 8.42 Å². The Hall–Kier alpha value is -1.93. The predicted octanol–water partition coefficient (Wildman–Crippen LogP) is -0.180. The summed E-state index contributed by atoms with van der Waals surface area (Å²) in [5.41, 5.74) is 6.55. The highest BCUT2D eigenvalue weighted by Gasteiger charge is 2.38. The number of sulfonamides is 1. The van der Waals surface area contributed by atoms with Gasteiger partial charge in [-0.2, -0.15) is 4.31 Å². The van der Waals surface area contributed by atoms with E-state index < -0.39 is 22.0 Å². The molecular formula is C13H15N3O4S. The number of benzene rings is 1. The summed E-state index contributed by atoms with van der Waals surface area (Å²) in [6.45, 7) is 0.282. The number of amides is 2. The van der Waals surface area contributed by atoms with Gasteiger partial charge in [0.25, 0.3) is 0 Å². The van der Waals surface area contributed by atoms with Crippen LogP contribution in [0.4, 0.5) is 5.69 Å². The number of carbonyl (C=O) groups is 2. The van der Waals surface area contributed by atoms with Gasteiger partial charge in [0.2, 0.25) is 21.8 Å². The van der Waals surface area contributed by atoms with E-state index in [9.17, 15) is 18.0 Å². The molecule has 3 N–H and O–H groups in total. The summed E-state index contributed by atoms with van der Waals surface area (Å²) in [5, 5.41) is 2.65. The first kappa shape index (κ1) is 14.0. The van der Waals surface area contributed by atoms with Gasteiger partial charge >= 0.3 is 0 Å². The first-order chi connectivity index (χ1) is 9.89. The van der Waals surface area contributed by atoms with Crippen molar-refractivity contribution < 1.29 is 18.0 Å². The highest BCUT2D eigenvalue weighted by Crippen LogP contribution is 2.30. The van der Waals surface area contributed by atoms with Crippen LogP contribution in [-0.2, 0) is 26.0 Å². The van der Waals surface area contributed by atoms with Crippen LogP contribution in [0.25, 0.3) is 0 Å². The van der Waals surface area contributed by atoms with Crippen molar-refractivity contribution in [3.63, 3.8) is 0 Å². The average molecular weight is 309 g/mol. The van der Waals surface area contributed by atoms with Crippen LogP contribution >= 0.6 is 0 Å². The fraction of sp³-hybridized carbons (Fsp3) is 0.385. The maximum absolute atomic E-state index is 12.6. The molecule has 0 aromatic heterocycles. The highest BCUT2D eigenvalue weighted by molar-refractivity contribution is 7.89. The van der Waals surface area contributed by atoms with Crippen LogP contribution in [0, 0.1) is 0 Å². The molecule has 21 heavy (non-hydrogen) atoms. The van der Waals surface area contributed by atoms with E-state index in [2.05, 4.69) is 5.32 Å². The predicted molar refractivity (Wildman–Crippen MR) is 74.9 cm³/mol. The van der Waals surface area contributed by atoms with E-state index in [1.807, 2.05) is 0 Å². The van der Waals surface area contributed by atoms with Crippen molar-refractivity contribution in [1.29, 1.82) is 0 Å². The summed E-state index contributed by atoms with van der Waals surface area (Å²) in [5.74, 6) is -0.787. The molecule has 0 spiro atoms. The number of fused-ring (bicyclic) bond motifs is 1. The molecule has 3 rings (SSSR count). The van der Waals surface area contributed by atoms with Crippen molar-refractivity contribution in [1.82, 2.24) is 4.31 Å². The second-order valence-corrected chi connectivity index (χ2v) is 7.11. The molecule has 1 aromatic rings. The lowest BCUT2D eigenvalue weighted by atomic mass is 10.2. The largest absolute Gasteiger partial charge is 0.368 e. The molecule has 0 bridgehead atoms. The molecule has 0 saturated carbocycles. The molecule has 2 aliphatic rings. The van der Waals surface area contributed by atoms with Crippen molar-refractivity contribution in [2.75, 3.05) is 11.9 Å². The van der Waals surface area contributed by atoms with Crippen molar-refractivity contribution in [3.05, 3.63) is 23.8 Å². The first-order valence-corrected chi connectivity index (χ1v) is 8.07. The number of hydrogen-bond donors (Lipinski definition) is 2. The Kier molecular flexibility index (Phi) is 3.22. The Morgan fingerprint density at radius 1 is 1.38 bits per heavy atom. The molecule has 1 fully saturated rings. The van der Waals surface area contributed by atoms with Gasteiger partial charge in [0.05, 0.1) is 11.3 Å². The van der Waals surface area contributed by atoms with Crippen molar-refractivity contribution in [2.24, 2.45) is 5.73 Å². The van der Waals surface area contributed by atoms with E-state index in [4.69, 9.17) is 5.73 Å². The number of hydrogen-bond acceptors (Lipinski definition) is 4. The van der Waals surface area contributed by atoms with Crippen molar-refractivity contribution in [3.8, 4) is 0 Å². The van der Waals surface area contributed by atoms with Gasteiger partial charge in [0.15, 0.2) is 0 Å². The minimum absolute atomic E-state index is 0.0888. The number of primary amides is 1. The number of anilines is 1. The fourth-order valence-electron chi connectivity index (χ4n) is 2.81. The monoisotopic (exact) mass is 309 g/mol. The number of rotatable bonds is 3. The smallest absolute Gasteiger partial charge is 0.243 e. The van der Waals surface area contributed by atoms with Gasteiger partial charge in [-0.1, -0.05) is 0 Å². The molecule has 7 nitrogen and oxygen atoms in total. The molecule has 2 heterocycles. The van der Waals surface area contributed by atoms with E-state index in [-0.39, 0.29) is 23.8 Å². The van der Waals surface area contributed by atoms with E-state index in [1.165, 1.54) is 12.1 Å². The van der Waals surface area contributed by atoms with Crippen molar-refractivity contribution >= 4 is 27.5 Å². The normalized spacial score (nSPS) is 22.1. The zero-order chi connectivity index (χ0) is 15.2. The molecular weight excluding hydrogens is 294 g/mol. The van der Waals surface area contributed by atoms with E-state index in [0.29, 0.717) is 24.1 Å². The minimum atomic E-state index is -3.78. The van der Waals surface area contributed by atoms with Gasteiger partial charge in [-0.3, -0.25) is 9.59 Å². The zero-order valence-electron chi connectivity index (χ0n) is 11.2. The van der Waals surface area contributed by atoms with Gasteiger partial charge in [-0.15, -0.1) is 0 Å². The third-order valence-electron chi connectivity index (χ3n) is 3.84. The van der Waals surface area contributed by atoms with Gasteiger partial charge in [0, 0.05) is 12.2 Å². The molecule has 0 unspecified atom stereocenters. The summed E-state index contributed by atoms with van der Waals surface area (Å²) in [6, 6.07) is 3.71. The SMILES string of the molecule is NC(=O)[C@@H]1CCCN1S(=O)(=O)c1ccc2c(c1)CC(=O)N2. The highest BCUT2D eigenvalue weighted by atomic mass is 32.2. The summed E-state index contributed by atoms with van der Waals surface area (Å²) in [7, 11) is -3.78. The van der Waals surface area contributed by atoms with Crippen LogP contribution in [-0.4, -0.2) is 37.1 Å². The van der Waals surface area contributed by atoms with Gasteiger partial charge < -0.3 is 11.1 Å². The van der Waals surface area contributed by atoms with Crippen LogP contribution in [0.2, 0.25) is 0 Å². The van der Waals surface area contributed by atoms with E-state index in [1.54, 1.807) is 6.07 Å². The number of nitrogens with zero attached hydrogens (tertiary/aromatic N) is 1. The number of nitrogens with two attached hydrogens (primary N) is 1. The number of nitrogens with one attached hydrogen (secondary N) is 1.